The molecule has 0 saturated heterocycles. The van der Waals surface area contributed by atoms with Crippen LogP contribution in [0.4, 0.5) is 0 Å². The lowest BCUT2D eigenvalue weighted by molar-refractivity contribution is 0.313. The third-order valence-corrected chi connectivity index (χ3v) is 2.70. The molecule has 0 bridgehead atoms. The predicted octanol–water partition coefficient (Wildman–Crippen LogP) is 2.73. The number of benzene rings is 2. The van der Waals surface area contributed by atoms with E-state index in [2.05, 4.69) is 11.4 Å². The van der Waals surface area contributed by atoms with Gasteiger partial charge in [0.25, 0.3) is 0 Å². The van der Waals surface area contributed by atoms with Crippen LogP contribution < -0.4 is 10.1 Å². The molecule has 2 rings (SSSR count). The van der Waals surface area contributed by atoms with Crippen LogP contribution in [0.2, 0.25) is 0 Å². The van der Waals surface area contributed by atoms with Gasteiger partial charge in [0.1, 0.15) is 12.4 Å². The third-order valence-electron chi connectivity index (χ3n) is 2.70. The number of nitrogens with zero attached hydrogens (tertiary/aromatic N) is 1. The maximum absolute atomic E-state index is 8.70. The van der Waals surface area contributed by atoms with E-state index in [1.54, 1.807) is 0 Å². The summed E-state index contributed by atoms with van der Waals surface area (Å²) in [6.45, 7) is 2.21. The molecule has 1 N–H and O–H groups in total. The Morgan fingerprint density at radius 1 is 1.00 bits per heavy atom. The van der Waals surface area contributed by atoms with Gasteiger partial charge < -0.3 is 10.1 Å². The van der Waals surface area contributed by atoms with Crippen LogP contribution in [-0.2, 0) is 6.54 Å². The number of nitrogens with one attached hydrogen (secondary N) is 1. The summed E-state index contributed by atoms with van der Waals surface area (Å²) in [5.41, 5.74) is 1.86. The van der Waals surface area contributed by atoms with Crippen LogP contribution in [0.5, 0.6) is 5.75 Å². The topological polar surface area (TPSA) is 45.0 Å². The lowest BCUT2D eigenvalue weighted by Crippen LogP contribution is -2.20. The van der Waals surface area contributed by atoms with Gasteiger partial charge in [-0.05, 0) is 29.8 Å². The fourth-order valence-electron chi connectivity index (χ4n) is 1.69. The lowest BCUT2D eigenvalue weighted by atomic mass is 10.1. The van der Waals surface area contributed by atoms with Crippen molar-refractivity contribution in [3.63, 3.8) is 0 Å². The number of rotatable bonds is 6. The highest BCUT2D eigenvalue weighted by Gasteiger charge is 1.95. The molecule has 0 radical (unpaired) electrons. The predicted molar refractivity (Wildman–Crippen MR) is 74.8 cm³/mol. The van der Waals surface area contributed by atoms with Gasteiger partial charge in [0.05, 0.1) is 11.6 Å². The van der Waals surface area contributed by atoms with Crippen LogP contribution in [0.25, 0.3) is 0 Å². The Morgan fingerprint density at radius 3 is 2.42 bits per heavy atom. The second-order valence-electron chi connectivity index (χ2n) is 4.15. The molecule has 3 nitrogen and oxygen atoms in total. The van der Waals surface area contributed by atoms with Crippen molar-refractivity contribution in [2.45, 2.75) is 6.54 Å². The van der Waals surface area contributed by atoms with E-state index in [1.807, 2.05) is 54.6 Å². The fraction of sp³-hybridized carbons (Fsp3) is 0.188. The minimum Gasteiger partial charge on any atom is -0.492 e. The van der Waals surface area contributed by atoms with Crippen molar-refractivity contribution in [1.82, 2.24) is 5.32 Å². The summed E-state index contributed by atoms with van der Waals surface area (Å²) in [5, 5.41) is 12.0. The van der Waals surface area contributed by atoms with Crippen LogP contribution in [0.3, 0.4) is 0 Å². The summed E-state index contributed by atoms with van der Waals surface area (Å²) in [7, 11) is 0. The second kappa shape index (κ2) is 7.20. The average Bonchev–Trinajstić information content (AvgIpc) is 2.49. The molecular formula is C16H16N2O. The second-order valence-corrected chi connectivity index (χ2v) is 4.15. The molecular weight excluding hydrogens is 236 g/mol. The first kappa shape index (κ1) is 13.1. The summed E-state index contributed by atoms with van der Waals surface area (Å²) in [6, 6.07) is 19.5. The first-order valence-electron chi connectivity index (χ1n) is 6.26. The number of ether oxygens (including phenoxy) is 1. The quantitative estimate of drug-likeness (QED) is 0.804. The van der Waals surface area contributed by atoms with Gasteiger partial charge in [-0.1, -0.05) is 30.3 Å². The van der Waals surface area contributed by atoms with E-state index in [1.165, 1.54) is 5.56 Å². The molecule has 2 aromatic rings. The minimum atomic E-state index is 0.639. The van der Waals surface area contributed by atoms with Crippen molar-refractivity contribution in [2.24, 2.45) is 0 Å². The Morgan fingerprint density at radius 2 is 1.74 bits per heavy atom. The smallest absolute Gasteiger partial charge is 0.119 e. The van der Waals surface area contributed by atoms with Gasteiger partial charge in [0.2, 0.25) is 0 Å². The summed E-state index contributed by atoms with van der Waals surface area (Å²) < 4.78 is 5.57. The van der Waals surface area contributed by atoms with Crippen LogP contribution in [0.1, 0.15) is 11.1 Å². The minimum absolute atomic E-state index is 0.639. The highest BCUT2D eigenvalue weighted by molar-refractivity contribution is 5.31. The molecule has 0 aliphatic carbocycles. The summed E-state index contributed by atoms with van der Waals surface area (Å²) in [6.07, 6.45) is 0. The van der Waals surface area contributed by atoms with Gasteiger partial charge in [0, 0.05) is 13.1 Å². The van der Waals surface area contributed by atoms with Crippen molar-refractivity contribution in [2.75, 3.05) is 13.2 Å². The molecule has 0 amide bonds. The Hall–Kier alpha value is -2.31. The molecule has 0 aliphatic rings. The van der Waals surface area contributed by atoms with Crippen molar-refractivity contribution < 1.29 is 4.74 Å². The zero-order valence-corrected chi connectivity index (χ0v) is 10.7. The fourth-order valence-corrected chi connectivity index (χ4v) is 1.69. The van der Waals surface area contributed by atoms with Gasteiger partial charge in [-0.15, -0.1) is 0 Å². The number of nitriles is 1. The van der Waals surface area contributed by atoms with Gasteiger partial charge in [-0.25, -0.2) is 0 Å². The standard InChI is InChI=1S/C16H16N2O/c17-12-14-6-8-15(9-7-14)13-18-10-11-19-16-4-2-1-3-5-16/h1-9,18H,10-11,13H2. The summed E-state index contributed by atoms with van der Waals surface area (Å²) >= 11 is 0. The monoisotopic (exact) mass is 252 g/mol. The highest BCUT2D eigenvalue weighted by Crippen LogP contribution is 2.07. The van der Waals surface area contributed by atoms with Crippen molar-refractivity contribution >= 4 is 0 Å². The molecule has 0 fully saturated rings. The molecule has 96 valence electrons. The maximum Gasteiger partial charge on any atom is 0.119 e. The SMILES string of the molecule is N#Cc1ccc(CNCCOc2ccccc2)cc1. The van der Waals surface area contributed by atoms with Crippen molar-refractivity contribution in [1.29, 1.82) is 5.26 Å². The van der Waals surface area contributed by atoms with Crippen LogP contribution >= 0.6 is 0 Å². The largest absolute Gasteiger partial charge is 0.492 e. The summed E-state index contributed by atoms with van der Waals surface area (Å²) in [4.78, 5) is 0. The molecule has 0 aliphatic heterocycles. The van der Waals surface area contributed by atoms with Crippen LogP contribution in [0.15, 0.2) is 54.6 Å². The molecule has 0 unspecified atom stereocenters. The zero-order chi connectivity index (χ0) is 13.3. The zero-order valence-electron chi connectivity index (χ0n) is 10.7. The molecule has 0 saturated carbocycles. The van der Waals surface area contributed by atoms with E-state index in [4.69, 9.17) is 10.00 Å². The lowest BCUT2D eigenvalue weighted by Gasteiger charge is -2.07. The molecule has 19 heavy (non-hydrogen) atoms. The molecule has 2 aromatic carbocycles. The first-order valence-corrected chi connectivity index (χ1v) is 6.26. The Labute approximate surface area is 113 Å². The number of para-hydroxylation sites is 1. The first-order chi connectivity index (χ1) is 9.38. The van der Waals surface area contributed by atoms with E-state index in [9.17, 15) is 0 Å². The number of hydrogen-bond donors (Lipinski definition) is 1. The Kier molecular flexibility index (Phi) is 4.97. The average molecular weight is 252 g/mol. The Bertz CT molecular complexity index is 529. The highest BCUT2D eigenvalue weighted by atomic mass is 16.5. The van der Waals surface area contributed by atoms with E-state index < -0.39 is 0 Å². The molecule has 0 heterocycles. The number of hydrogen-bond acceptors (Lipinski definition) is 3. The molecule has 0 aromatic heterocycles. The van der Waals surface area contributed by atoms with Gasteiger partial charge in [-0.2, -0.15) is 5.26 Å². The van der Waals surface area contributed by atoms with Gasteiger partial charge >= 0.3 is 0 Å². The van der Waals surface area contributed by atoms with Crippen molar-refractivity contribution in [3.05, 3.63) is 65.7 Å². The normalized spacial score (nSPS) is 9.84. The molecule has 0 atom stereocenters. The molecule has 0 spiro atoms. The van der Waals surface area contributed by atoms with Crippen molar-refractivity contribution in [3.8, 4) is 11.8 Å². The maximum atomic E-state index is 8.70. The van der Waals surface area contributed by atoms with Crippen LogP contribution in [0, 0.1) is 11.3 Å². The van der Waals surface area contributed by atoms with E-state index in [0.717, 1.165) is 18.8 Å². The van der Waals surface area contributed by atoms with Gasteiger partial charge in [0.15, 0.2) is 0 Å². The van der Waals surface area contributed by atoms with Crippen LogP contribution in [-0.4, -0.2) is 13.2 Å². The van der Waals surface area contributed by atoms with E-state index >= 15 is 0 Å². The summed E-state index contributed by atoms with van der Waals surface area (Å²) in [5.74, 6) is 0.891. The van der Waals surface area contributed by atoms with E-state index in [0.29, 0.717) is 12.2 Å². The molecule has 3 heteroatoms. The van der Waals surface area contributed by atoms with Gasteiger partial charge in [-0.3, -0.25) is 0 Å². The third kappa shape index (κ3) is 4.46. The Balaban J connectivity index is 1.65. The van der Waals surface area contributed by atoms with E-state index in [-0.39, 0.29) is 0 Å².